The number of methoxy groups -OCH3 is 1. The van der Waals surface area contributed by atoms with E-state index in [9.17, 15) is 9.59 Å². The van der Waals surface area contributed by atoms with E-state index in [1.807, 2.05) is 18.2 Å². The van der Waals surface area contributed by atoms with Crippen LogP contribution in [0.2, 0.25) is 0 Å². The Hall–Kier alpha value is -1.79. The molecule has 0 atom stereocenters. The average Bonchev–Trinajstić information content (AvgIpc) is 2.58. The van der Waals surface area contributed by atoms with Gasteiger partial charge in [-0.3, -0.25) is 13.9 Å². The molecule has 0 bridgehead atoms. The normalized spacial score (nSPS) is 11.0. The van der Waals surface area contributed by atoms with Gasteiger partial charge in [0.05, 0.1) is 7.11 Å². The molecule has 23 heavy (non-hydrogen) atoms. The zero-order valence-electron chi connectivity index (χ0n) is 13.9. The van der Waals surface area contributed by atoms with Crippen LogP contribution >= 0.6 is 11.9 Å². The lowest BCUT2D eigenvalue weighted by Gasteiger charge is -2.10. The molecule has 1 aromatic carbocycles. The van der Waals surface area contributed by atoms with Crippen LogP contribution in [0.4, 0.5) is 0 Å². The third kappa shape index (κ3) is 7.85. The summed E-state index contributed by atoms with van der Waals surface area (Å²) in [5.74, 6) is -0.753. The Morgan fingerprint density at radius 3 is 2.87 bits per heavy atom. The number of nitrogens with one attached hydrogen (secondary N) is 1. The predicted molar refractivity (Wildman–Crippen MR) is 95.2 cm³/mol. The molecule has 1 amide bonds. The summed E-state index contributed by atoms with van der Waals surface area (Å²) in [6, 6.07) is 7.30. The molecule has 0 saturated carbocycles. The molecule has 1 rings (SSSR count). The van der Waals surface area contributed by atoms with E-state index in [0.29, 0.717) is 5.56 Å². The number of esters is 1. The quantitative estimate of drug-likeness (QED) is 0.427. The Labute approximate surface area is 142 Å². The van der Waals surface area contributed by atoms with Gasteiger partial charge in [-0.15, -0.1) is 0 Å². The zero-order chi connectivity index (χ0) is 17.1. The van der Waals surface area contributed by atoms with Crippen molar-refractivity contribution in [3.8, 4) is 0 Å². The van der Waals surface area contributed by atoms with Crippen molar-refractivity contribution >= 4 is 29.9 Å². The van der Waals surface area contributed by atoms with E-state index < -0.39 is 5.97 Å². The first-order valence-corrected chi connectivity index (χ1v) is 8.62. The van der Waals surface area contributed by atoms with Gasteiger partial charge in [0.25, 0.3) is 5.91 Å². The van der Waals surface area contributed by atoms with Crippen molar-refractivity contribution in [3.05, 3.63) is 41.5 Å². The molecule has 0 heterocycles. The van der Waals surface area contributed by atoms with Gasteiger partial charge in [0.1, 0.15) is 6.54 Å². The monoisotopic (exact) mass is 336 g/mol. The number of carbonyl (C=O) groups excluding carboxylic acids is 2. The first kappa shape index (κ1) is 19.3. The highest BCUT2D eigenvalue weighted by molar-refractivity contribution is 7.96. The summed E-state index contributed by atoms with van der Waals surface area (Å²) in [6.45, 7) is 0.917. The van der Waals surface area contributed by atoms with Crippen LogP contribution in [0.25, 0.3) is 6.08 Å². The smallest absolute Gasteiger partial charge is 0.325 e. The van der Waals surface area contributed by atoms with Crippen molar-refractivity contribution < 1.29 is 14.3 Å². The first-order valence-electron chi connectivity index (χ1n) is 7.43. The second kappa shape index (κ2) is 10.9. The van der Waals surface area contributed by atoms with Crippen LogP contribution in [0.1, 0.15) is 28.8 Å². The first-order chi connectivity index (χ1) is 11.1. The molecule has 126 valence electrons. The van der Waals surface area contributed by atoms with Gasteiger partial charge < -0.3 is 10.1 Å². The van der Waals surface area contributed by atoms with E-state index in [1.165, 1.54) is 7.11 Å². The van der Waals surface area contributed by atoms with Gasteiger partial charge in [0.2, 0.25) is 0 Å². The van der Waals surface area contributed by atoms with Crippen LogP contribution in [0.5, 0.6) is 0 Å². The van der Waals surface area contributed by atoms with Crippen LogP contribution in [0, 0.1) is 0 Å². The minimum Gasteiger partial charge on any atom is -0.468 e. The van der Waals surface area contributed by atoms with Gasteiger partial charge in [-0.05, 0) is 43.8 Å². The number of carbonyl (C=O) groups is 2. The van der Waals surface area contributed by atoms with Crippen molar-refractivity contribution in [1.82, 2.24) is 9.62 Å². The van der Waals surface area contributed by atoms with E-state index >= 15 is 0 Å². The Bertz CT molecular complexity index is 546. The summed E-state index contributed by atoms with van der Waals surface area (Å²) in [5.41, 5.74) is 1.49. The fourth-order valence-corrected chi connectivity index (χ4v) is 2.16. The van der Waals surface area contributed by atoms with Crippen LogP contribution in [-0.2, 0) is 9.53 Å². The minimum atomic E-state index is -0.468. The predicted octanol–water partition coefficient (Wildman–Crippen LogP) is 2.59. The van der Waals surface area contributed by atoms with E-state index in [4.69, 9.17) is 0 Å². The lowest BCUT2D eigenvalue weighted by Crippen LogP contribution is -2.30. The molecule has 0 saturated heterocycles. The molecule has 1 N–H and O–H groups in total. The molecular weight excluding hydrogens is 312 g/mol. The van der Waals surface area contributed by atoms with Gasteiger partial charge in [0.15, 0.2) is 0 Å². The van der Waals surface area contributed by atoms with E-state index in [2.05, 4.69) is 33.7 Å². The number of rotatable bonds is 9. The van der Waals surface area contributed by atoms with Crippen molar-refractivity contribution in [2.24, 2.45) is 0 Å². The van der Waals surface area contributed by atoms with Crippen LogP contribution in [0.3, 0.4) is 0 Å². The molecule has 0 radical (unpaired) electrons. The summed E-state index contributed by atoms with van der Waals surface area (Å²) in [4.78, 5) is 23.0. The Morgan fingerprint density at radius 2 is 2.17 bits per heavy atom. The highest BCUT2D eigenvalue weighted by Crippen LogP contribution is 2.09. The molecule has 0 aliphatic heterocycles. The Balaban J connectivity index is 2.49. The van der Waals surface area contributed by atoms with Gasteiger partial charge in [-0.2, -0.15) is 0 Å². The van der Waals surface area contributed by atoms with Gasteiger partial charge in [-0.1, -0.05) is 36.2 Å². The number of ether oxygens (including phenoxy) is 1. The second-order valence-corrected chi connectivity index (χ2v) is 5.95. The van der Waals surface area contributed by atoms with Gasteiger partial charge >= 0.3 is 5.97 Å². The lowest BCUT2D eigenvalue weighted by molar-refractivity contribution is -0.139. The molecule has 0 aromatic heterocycles. The summed E-state index contributed by atoms with van der Waals surface area (Å²) >= 11 is 1.72. The largest absolute Gasteiger partial charge is 0.468 e. The highest BCUT2D eigenvalue weighted by Gasteiger charge is 2.07. The third-order valence-electron chi connectivity index (χ3n) is 3.24. The second-order valence-electron chi connectivity index (χ2n) is 4.96. The maximum Gasteiger partial charge on any atom is 0.325 e. The number of allylic oxidation sites excluding steroid dienone is 1. The SMILES string of the molecule is COC(=O)CNC(=O)c1cccc(/C=C\CCCN(C)SC)c1. The summed E-state index contributed by atoms with van der Waals surface area (Å²) < 4.78 is 6.69. The number of amides is 1. The van der Waals surface area contributed by atoms with Gasteiger partial charge in [0, 0.05) is 12.1 Å². The van der Waals surface area contributed by atoms with Crippen molar-refractivity contribution in [2.75, 3.05) is 33.5 Å². The van der Waals surface area contributed by atoms with Crippen LogP contribution in [-0.4, -0.2) is 49.7 Å². The maximum atomic E-state index is 12.0. The third-order valence-corrected chi connectivity index (χ3v) is 4.04. The summed E-state index contributed by atoms with van der Waals surface area (Å²) in [5, 5.41) is 2.53. The number of hydrogen-bond donors (Lipinski definition) is 1. The van der Waals surface area contributed by atoms with E-state index in [-0.39, 0.29) is 12.5 Å². The number of benzene rings is 1. The zero-order valence-corrected chi connectivity index (χ0v) is 14.7. The van der Waals surface area contributed by atoms with E-state index in [1.54, 1.807) is 24.1 Å². The summed E-state index contributed by atoms with van der Waals surface area (Å²) in [6.07, 6.45) is 8.26. The van der Waals surface area contributed by atoms with Crippen molar-refractivity contribution in [3.63, 3.8) is 0 Å². The minimum absolute atomic E-state index is 0.127. The summed E-state index contributed by atoms with van der Waals surface area (Å²) in [7, 11) is 3.36. The van der Waals surface area contributed by atoms with E-state index in [0.717, 1.165) is 24.9 Å². The topological polar surface area (TPSA) is 58.6 Å². The number of unbranched alkanes of at least 4 members (excludes halogenated alkanes) is 1. The van der Waals surface area contributed by atoms with Crippen molar-refractivity contribution in [1.29, 1.82) is 0 Å². The molecule has 1 aromatic rings. The van der Waals surface area contributed by atoms with Crippen LogP contribution in [0.15, 0.2) is 30.3 Å². The van der Waals surface area contributed by atoms with Crippen LogP contribution < -0.4 is 5.32 Å². The molecule has 0 aliphatic rings. The molecule has 0 spiro atoms. The molecule has 5 nitrogen and oxygen atoms in total. The molecule has 0 aliphatic carbocycles. The number of nitrogens with zero attached hydrogens (tertiary/aromatic N) is 1. The lowest BCUT2D eigenvalue weighted by atomic mass is 10.1. The van der Waals surface area contributed by atoms with Gasteiger partial charge in [-0.25, -0.2) is 0 Å². The molecular formula is C17H24N2O3S. The standard InChI is InChI=1S/C17H24N2O3S/c1-19(23-3)11-6-4-5-8-14-9-7-10-15(12-14)17(21)18-13-16(20)22-2/h5,7-10,12H,4,6,11,13H2,1-3H3,(H,18,21)/b8-5-. The van der Waals surface area contributed by atoms with Crippen molar-refractivity contribution in [2.45, 2.75) is 12.8 Å². The Kier molecular flexibility index (Phi) is 9.09. The Morgan fingerprint density at radius 1 is 1.39 bits per heavy atom. The maximum absolute atomic E-state index is 12.0. The molecule has 0 unspecified atom stereocenters. The fraction of sp³-hybridized carbons (Fsp3) is 0.412. The highest BCUT2D eigenvalue weighted by atomic mass is 32.2. The average molecular weight is 336 g/mol. The molecule has 0 fully saturated rings. The fourth-order valence-electron chi connectivity index (χ4n) is 1.85. The number of hydrogen-bond acceptors (Lipinski definition) is 5. The molecule has 6 heteroatoms.